The number of aromatic amines is 1. The minimum Gasteiger partial charge on any atom is -0.357 e. The van der Waals surface area contributed by atoms with Crippen LogP contribution in [0.25, 0.3) is 22.3 Å². The van der Waals surface area contributed by atoms with Crippen molar-refractivity contribution in [3.8, 4) is 11.3 Å². The lowest BCUT2D eigenvalue weighted by atomic mass is 10.1. The maximum absolute atomic E-state index is 4.67. The van der Waals surface area contributed by atoms with Crippen molar-refractivity contribution in [3.05, 3.63) is 72.1 Å². The third-order valence-corrected chi connectivity index (χ3v) is 4.11. The lowest BCUT2D eigenvalue weighted by Gasteiger charge is -2.13. The first-order valence-electron chi connectivity index (χ1n) is 7.98. The summed E-state index contributed by atoms with van der Waals surface area (Å²) in [7, 11) is 0. The van der Waals surface area contributed by atoms with Crippen LogP contribution in [0.1, 0.15) is 18.5 Å². The summed E-state index contributed by atoms with van der Waals surface area (Å²) in [6.07, 6.45) is 8.59. The molecule has 1 aliphatic rings. The Kier molecular flexibility index (Phi) is 3.46. The van der Waals surface area contributed by atoms with Gasteiger partial charge in [-0.15, -0.1) is 0 Å². The molecule has 2 aromatic heterocycles. The first kappa shape index (κ1) is 13.8. The molecular formula is C20H19N3. The monoisotopic (exact) mass is 301 g/mol. The predicted molar refractivity (Wildman–Crippen MR) is 96.3 cm³/mol. The predicted octanol–water partition coefficient (Wildman–Crippen LogP) is 5.18. The number of benzene rings is 1. The van der Waals surface area contributed by atoms with Gasteiger partial charge in [0.25, 0.3) is 0 Å². The molecule has 2 heterocycles. The Bertz CT molecular complexity index is 901. The molecule has 0 saturated heterocycles. The van der Waals surface area contributed by atoms with E-state index in [2.05, 4.69) is 69.9 Å². The van der Waals surface area contributed by atoms with Crippen molar-refractivity contribution >= 4 is 16.7 Å². The lowest BCUT2D eigenvalue weighted by Crippen LogP contribution is -2.02. The SMILES string of the molecule is Cc1cc(NC2=CC=CCC2)c2[nH]c(-c3ccccc3)cc2n1. The molecule has 0 bridgehead atoms. The largest absolute Gasteiger partial charge is 0.357 e. The van der Waals surface area contributed by atoms with E-state index in [1.165, 1.54) is 11.3 Å². The van der Waals surface area contributed by atoms with Gasteiger partial charge in [-0.25, -0.2) is 0 Å². The normalized spacial score (nSPS) is 14.0. The van der Waals surface area contributed by atoms with Crippen LogP contribution in [0.2, 0.25) is 0 Å². The van der Waals surface area contributed by atoms with E-state index >= 15 is 0 Å². The van der Waals surface area contributed by atoms with Gasteiger partial charge in [0.2, 0.25) is 0 Å². The molecule has 0 spiro atoms. The lowest BCUT2D eigenvalue weighted by molar-refractivity contribution is 0.966. The molecule has 0 unspecified atom stereocenters. The van der Waals surface area contributed by atoms with Crippen molar-refractivity contribution in [3.63, 3.8) is 0 Å². The van der Waals surface area contributed by atoms with Crippen LogP contribution < -0.4 is 5.32 Å². The van der Waals surface area contributed by atoms with Gasteiger partial charge in [0.15, 0.2) is 0 Å². The van der Waals surface area contributed by atoms with E-state index in [1.54, 1.807) is 0 Å². The van der Waals surface area contributed by atoms with Gasteiger partial charge in [0, 0.05) is 17.1 Å². The highest BCUT2D eigenvalue weighted by atomic mass is 14.9. The number of anilines is 1. The van der Waals surface area contributed by atoms with Gasteiger partial charge in [-0.3, -0.25) is 4.98 Å². The topological polar surface area (TPSA) is 40.7 Å². The molecular weight excluding hydrogens is 282 g/mol. The zero-order valence-electron chi connectivity index (χ0n) is 13.1. The van der Waals surface area contributed by atoms with Crippen LogP contribution in [0.4, 0.5) is 5.69 Å². The van der Waals surface area contributed by atoms with E-state index in [0.717, 1.165) is 41.0 Å². The molecule has 0 fully saturated rings. The number of pyridine rings is 1. The minimum atomic E-state index is 0.998. The number of nitrogens with zero attached hydrogens (tertiary/aromatic N) is 1. The van der Waals surface area contributed by atoms with E-state index in [-0.39, 0.29) is 0 Å². The average molecular weight is 301 g/mol. The van der Waals surface area contributed by atoms with Gasteiger partial charge in [-0.2, -0.15) is 0 Å². The number of fused-ring (bicyclic) bond motifs is 1. The highest BCUT2D eigenvalue weighted by Crippen LogP contribution is 2.29. The van der Waals surface area contributed by atoms with Crippen LogP contribution in [0.15, 0.2) is 66.4 Å². The Morgan fingerprint density at radius 2 is 2.00 bits per heavy atom. The van der Waals surface area contributed by atoms with Gasteiger partial charge in [0.05, 0.1) is 16.7 Å². The number of rotatable bonds is 3. The molecule has 2 N–H and O–H groups in total. The Labute approximate surface area is 135 Å². The van der Waals surface area contributed by atoms with Crippen LogP contribution in [0.5, 0.6) is 0 Å². The molecule has 3 nitrogen and oxygen atoms in total. The van der Waals surface area contributed by atoms with Crippen molar-refractivity contribution in [2.24, 2.45) is 0 Å². The molecule has 4 rings (SSSR count). The second kappa shape index (κ2) is 5.76. The zero-order valence-corrected chi connectivity index (χ0v) is 13.1. The Morgan fingerprint density at radius 1 is 1.13 bits per heavy atom. The summed E-state index contributed by atoms with van der Waals surface area (Å²) in [5, 5.41) is 3.57. The number of allylic oxidation sites excluding steroid dienone is 4. The fourth-order valence-corrected chi connectivity index (χ4v) is 2.99. The summed E-state index contributed by atoms with van der Waals surface area (Å²) in [4.78, 5) is 8.20. The zero-order chi connectivity index (χ0) is 15.6. The molecule has 1 aliphatic carbocycles. The summed E-state index contributed by atoms with van der Waals surface area (Å²) in [6, 6.07) is 14.6. The van der Waals surface area contributed by atoms with Crippen molar-refractivity contribution < 1.29 is 0 Å². The van der Waals surface area contributed by atoms with Crippen LogP contribution >= 0.6 is 0 Å². The fourth-order valence-electron chi connectivity index (χ4n) is 2.99. The van der Waals surface area contributed by atoms with Crippen molar-refractivity contribution in [1.29, 1.82) is 0 Å². The molecule has 114 valence electrons. The number of aryl methyl sites for hydroxylation is 1. The fraction of sp³-hybridized carbons (Fsp3) is 0.150. The molecule has 3 aromatic rings. The Hall–Kier alpha value is -2.81. The number of nitrogens with one attached hydrogen (secondary N) is 2. The summed E-state index contributed by atoms with van der Waals surface area (Å²) < 4.78 is 0. The summed E-state index contributed by atoms with van der Waals surface area (Å²) >= 11 is 0. The van der Waals surface area contributed by atoms with Crippen molar-refractivity contribution in [2.45, 2.75) is 19.8 Å². The van der Waals surface area contributed by atoms with Crippen molar-refractivity contribution in [1.82, 2.24) is 9.97 Å². The quantitative estimate of drug-likeness (QED) is 0.699. The van der Waals surface area contributed by atoms with Crippen LogP contribution in [0.3, 0.4) is 0 Å². The summed E-state index contributed by atoms with van der Waals surface area (Å²) in [5.74, 6) is 0. The minimum absolute atomic E-state index is 0.998. The third-order valence-electron chi connectivity index (χ3n) is 4.11. The molecule has 0 radical (unpaired) electrons. The van der Waals surface area contributed by atoms with E-state index in [9.17, 15) is 0 Å². The second-order valence-corrected chi connectivity index (χ2v) is 5.90. The molecule has 3 heteroatoms. The standard InChI is InChI=1S/C20H19N3/c1-14-12-18(22-16-10-6-3-7-11-16)20-19(21-14)13-17(23-20)15-8-4-2-5-9-15/h2-6,8-10,12-13,23H,7,11H2,1H3,(H,21,22). The first-order valence-corrected chi connectivity index (χ1v) is 7.98. The Morgan fingerprint density at radius 3 is 2.78 bits per heavy atom. The smallest absolute Gasteiger partial charge is 0.0910 e. The number of H-pyrrole nitrogens is 1. The summed E-state index contributed by atoms with van der Waals surface area (Å²) in [6.45, 7) is 2.04. The maximum atomic E-state index is 4.67. The highest BCUT2D eigenvalue weighted by Gasteiger charge is 2.11. The highest BCUT2D eigenvalue weighted by molar-refractivity contribution is 5.93. The van der Waals surface area contributed by atoms with Gasteiger partial charge in [0.1, 0.15) is 0 Å². The van der Waals surface area contributed by atoms with Gasteiger partial charge in [-0.1, -0.05) is 42.5 Å². The maximum Gasteiger partial charge on any atom is 0.0910 e. The van der Waals surface area contributed by atoms with Crippen LogP contribution in [-0.4, -0.2) is 9.97 Å². The van der Waals surface area contributed by atoms with Gasteiger partial charge < -0.3 is 10.3 Å². The van der Waals surface area contributed by atoms with Gasteiger partial charge in [-0.05, 0) is 43.5 Å². The second-order valence-electron chi connectivity index (χ2n) is 5.90. The van der Waals surface area contributed by atoms with Crippen LogP contribution in [0, 0.1) is 6.92 Å². The number of hydrogen-bond acceptors (Lipinski definition) is 2. The molecule has 23 heavy (non-hydrogen) atoms. The Balaban J connectivity index is 1.79. The molecule has 0 atom stereocenters. The van der Waals surface area contributed by atoms with Crippen molar-refractivity contribution in [2.75, 3.05) is 5.32 Å². The van der Waals surface area contributed by atoms with Crippen LogP contribution in [-0.2, 0) is 0 Å². The summed E-state index contributed by atoms with van der Waals surface area (Å²) in [5.41, 5.74) is 7.69. The number of aromatic nitrogens is 2. The molecule has 0 amide bonds. The average Bonchev–Trinajstić information content (AvgIpc) is 3.01. The molecule has 0 saturated carbocycles. The first-order chi connectivity index (χ1) is 11.3. The van der Waals surface area contributed by atoms with Gasteiger partial charge >= 0.3 is 0 Å². The van der Waals surface area contributed by atoms with E-state index in [4.69, 9.17) is 0 Å². The molecule has 0 aliphatic heterocycles. The van der Waals surface area contributed by atoms with E-state index < -0.39 is 0 Å². The number of hydrogen-bond donors (Lipinski definition) is 2. The van der Waals surface area contributed by atoms with E-state index in [0.29, 0.717) is 0 Å². The molecule has 1 aromatic carbocycles. The third kappa shape index (κ3) is 2.78. The van der Waals surface area contributed by atoms with E-state index in [1.807, 2.05) is 13.0 Å².